The third kappa shape index (κ3) is 6.50. The summed E-state index contributed by atoms with van der Waals surface area (Å²) in [5.41, 5.74) is 2.86. The zero-order chi connectivity index (χ0) is 23.9. The van der Waals surface area contributed by atoms with E-state index in [0.29, 0.717) is 30.4 Å². The largest absolute Gasteiger partial charge is 0.383 e. The Morgan fingerprint density at radius 3 is 2.47 bits per heavy atom. The molecule has 0 radical (unpaired) electrons. The lowest BCUT2D eigenvalue weighted by atomic mass is 10.0. The molecule has 2 amide bonds. The predicted molar refractivity (Wildman–Crippen MR) is 122 cm³/mol. The van der Waals surface area contributed by atoms with Gasteiger partial charge in [0.1, 0.15) is 6.04 Å². The maximum atomic E-state index is 13.4. The number of carbonyl (C=O) groups is 2. The van der Waals surface area contributed by atoms with E-state index in [9.17, 15) is 9.59 Å². The van der Waals surface area contributed by atoms with E-state index in [1.54, 1.807) is 35.3 Å². The van der Waals surface area contributed by atoms with E-state index < -0.39 is 17.5 Å². The van der Waals surface area contributed by atoms with Crippen LogP contribution in [0.2, 0.25) is 0 Å². The van der Waals surface area contributed by atoms with Gasteiger partial charge in [-0.15, -0.1) is 5.73 Å². The lowest BCUT2D eigenvalue weighted by Gasteiger charge is -2.32. The molecule has 2 rings (SSSR count). The molecule has 0 bridgehead atoms. The van der Waals surface area contributed by atoms with Crippen molar-refractivity contribution < 1.29 is 14.3 Å². The molecule has 10 heteroatoms. The third-order valence-electron chi connectivity index (χ3n) is 4.26. The number of hydrogen-bond donors (Lipinski definition) is 1. The SMILES string of the molecule is C=C=CC(=O)N(c1cnn(CCOC)c1)C(C(=O)NC(C)(C)C)c1cnc(N(C)C)nc1. The Balaban J connectivity index is 2.59. The van der Waals surface area contributed by atoms with Gasteiger partial charge in [-0.05, 0) is 20.8 Å². The second-order valence-corrected chi connectivity index (χ2v) is 8.36. The lowest BCUT2D eigenvalue weighted by molar-refractivity contribution is -0.126. The highest BCUT2D eigenvalue weighted by atomic mass is 16.5. The molecule has 1 unspecified atom stereocenters. The Bertz CT molecular complexity index is 970. The van der Waals surface area contributed by atoms with Crippen LogP contribution in [-0.2, 0) is 20.9 Å². The van der Waals surface area contributed by atoms with Crippen LogP contribution in [0.4, 0.5) is 11.6 Å². The van der Waals surface area contributed by atoms with E-state index in [-0.39, 0.29) is 5.91 Å². The maximum absolute atomic E-state index is 13.4. The molecule has 0 aliphatic heterocycles. The predicted octanol–water partition coefficient (Wildman–Crippen LogP) is 1.72. The molecule has 0 aliphatic carbocycles. The van der Waals surface area contributed by atoms with Crippen molar-refractivity contribution in [3.8, 4) is 0 Å². The van der Waals surface area contributed by atoms with Gasteiger partial charge in [0.15, 0.2) is 0 Å². The first-order chi connectivity index (χ1) is 15.1. The molecule has 1 N–H and O–H groups in total. The van der Waals surface area contributed by atoms with E-state index in [1.807, 2.05) is 34.9 Å². The van der Waals surface area contributed by atoms with E-state index in [4.69, 9.17) is 4.74 Å². The molecule has 0 fully saturated rings. The fourth-order valence-corrected chi connectivity index (χ4v) is 2.90. The van der Waals surface area contributed by atoms with Crippen molar-refractivity contribution in [2.75, 3.05) is 37.6 Å². The summed E-state index contributed by atoms with van der Waals surface area (Å²) in [6.07, 6.45) is 7.47. The molecular formula is C22H31N7O3. The van der Waals surface area contributed by atoms with Crippen molar-refractivity contribution in [2.45, 2.75) is 38.9 Å². The summed E-state index contributed by atoms with van der Waals surface area (Å²) in [6.45, 7) is 10.0. The average Bonchev–Trinajstić information content (AvgIpc) is 3.17. The molecule has 2 aromatic heterocycles. The maximum Gasteiger partial charge on any atom is 0.259 e. The first-order valence-corrected chi connectivity index (χ1v) is 10.1. The topological polar surface area (TPSA) is 105 Å². The number of hydrogen-bond acceptors (Lipinski definition) is 7. The summed E-state index contributed by atoms with van der Waals surface area (Å²) in [4.78, 5) is 38.3. The number of anilines is 2. The fraction of sp³-hybridized carbons (Fsp3) is 0.455. The molecule has 1 atom stereocenters. The highest BCUT2D eigenvalue weighted by Gasteiger charge is 2.35. The van der Waals surface area contributed by atoms with Gasteiger partial charge in [0.2, 0.25) is 11.9 Å². The number of nitrogens with one attached hydrogen (secondary N) is 1. The van der Waals surface area contributed by atoms with Gasteiger partial charge >= 0.3 is 0 Å². The summed E-state index contributed by atoms with van der Waals surface area (Å²) >= 11 is 0. The second-order valence-electron chi connectivity index (χ2n) is 8.36. The number of nitrogens with zero attached hydrogens (tertiary/aromatic N) is 6. The monoisotopic (exact) mass is 441 g/mol. The van der Waals surface area contributed by atoms with E-state index in [1.165, 1.54) is 17.2 Å². The molecule has 32 heavy (non-hydrogen) atoms. The molecule has 172 valence electrons. The Kier molecular flexibility index (Phi) is 8.28. The second kappa shape index (κ2) is 10.7. The zero-order valence-electron chi connectivity index (χ0n) is 19.5. The molecular weight excluding hydrogens is 410 g/mol. The van der Waals surface area contributed by atoms with Crippen molar-refractivity contribution in [3.05, 3.63) is 48.7 Å². The van der Waals surface area contributed by atoms with Crippen molar-refractivity contribution in [1.29, 1.82) is 0 Å². The number of carbonyl (C=O) groups excluding carboxylic acids is 2. The Hall–Kier alpha value is -3.49. The molecule has 0 saturated heterocycles. The average molecular weight is 442 g/mol. The van der Waals surface area contributed by atoms with Crippen LogP contribution in [0.3, 0.4) is 0 Å². The lowest BCUT2D eigenvalue weighted by Crippen LogP contribution is -2.49. The fourth-order valence-electron chi connectivity index (χ4n) is 2.90. The summed E-state index contributed by atoms with van der Waals surface area (Å²) in [7, 11) is 5.23. The smallest absolute Gasteiger partial charge is 0.259 e. The molecule has 2 heterocycles. The van der Waals surface area contributed by atoms with Crippen molar-refractivity contribution in [3.63, 3.8) is 0 Å². The van der Waals surface area contributed by atoms with Crippen LogP contribution in [0.5, 0.6) is 0 Å². The van der Waals surface area contributed by atoms with E-state index >= 15 is 0 Å². The van der Waals surface area contributed by atoms with Gasteiger partial charge in [0.25, 0.3) is 5.91 Å². The van der Waals surface area contributed by atoms with Crippen molar-refractivity contribution in [2.24, 2.45) is 0 Å². The summed E-state index contributed by atoms with van der Waals surface area (Å²) < 4.78 is 6.73. The highest BCUT2D eigenvalue weighted by molar-refractivity contribution is 6.06. The van der Waals surface area contributed by atoms with Crippen LogP contribution in [-0.4, -0.2) is 64.9 Å². The number of aromatic nitrogens is 4. The summed E-state index contributed by atoms with van der Waals surface area (Å²) in [5.74, 6) is -0.369. The van der Waals surface area contributed by atoms with Gasteiger partial charge in [0.05, 0.1) is 25.0 Å². The van der Waals surface area contributed by atoms with Gasteiger partial charge in [-0.2, -0.15) is 5.10 Å². The van der Waals surface area contributed by atoms with Gasteiger partial charge in [-0.3, -0.25) is 19.2 Å². The summed E-state index contributed by atoms with van der Waals surface area (Å²) in [6, 6.07) is -1.04. The Morgan fingerprint density at radius 2 is 1.94 bits per heavy atom. The van der Waals surface area contributed by atoms with Gasteiger partial charge < -0.3 is 15.0 Å². The van der Waals surface area contributed by atoms with Crippen LogP contribution < -0.4 is 15.1 Å². The van der Waals surface area contributed by atoms with Crippen molar-refractivity contribution in [1.82, 2.24) is 25.1 Å². The number of methoxy groups -OCH3 is 1. The minimum Gasteiger partial charge on any atom is -0.383 e. The molecule has 0 spiro atoms. The minimum absolute atomic E-state index is 0.380. The molecule has 2 aromatic rings. The Morgan fingerprint density at radius 1 is 1.28 bits per heavy atom. The van der Waals surface area contributed by atoms with Crippen LogP contribution in [0, 0.1) is 0 Å². The van der Waals surface area contributed by atoms with Crippen LogP contribution in [0.1, 0.15) is 32.4 Å². The zero-order valence-corrected chi connectivity index (χ0v) is 19.5. The Labute approximate surface area is 188 Å². The first kappa shape index (κ1) is 24.8. The van der Waals surface area contributed by atoms with Gasteiger partial charge in [0, 0.05) is 57.0 Å². The highest BCUT2D eigenvalue weighted by Crippen LogP contribution is 2.28. The number of rotatable bonds is 9. The number of amides is 2. The standard InChI is InChI=1S/C22H31N7O3/c1-8-9-18(30)29(17-14-25-28(15-17)10-11-32-7)19(20(31)26-22(2,3)4)16-12-23-21(24-13-16)27(5)6/h9,12-15,19H,1,10-11H2,2-7H3,(H,26,31). The molecule has 0 aromatic carbocycles. The van der Waals surface area contributed by atoms with Crippen LogP contribution in [0.25, 0.3) is 0 Å². The molecule has 0 aliphatic rings. The molecule has 0 saturated carbocycles. The first-order valence-electron chi connectivity index (χ1n) is 10.1. The normalized spacial score (nSPS) is 11.9. The quantitative estimate of drug-likeness (QED) is 0.466. The van der Waals surface area contributed by atoms with Crippen molar-refractivity contribution >= 4 is 23.5 Å². The van der Waals surface area contributed by atoms with E-state index in [0.717, 1.165) is 0 Å². The third-order valence-corrected chi connectivity index (χ3v) is 4.26. The number of ether oxygens (including phenoxy) is 1. The summed E-state index contributed by atoms with van der Waals surface area (Å²) in [5, 5.41) is 7.24. The van der Waals surface area contributed by atoms with Gasteiger partial charge in [-0.25, -0.2) is 9.97 Å². The van der Waals surface area contributed by atoms with Crippen LogP contribution >= 0.6 is 0 Å². The van der Waals surface area contributed by atoms with Gasteiger partial charge in [-0.1, -0.05) is 6.58 Å². The molecule has 10 nitrogen and oxygen atoms in total. The van der Waals surface area contributed by atoms with E-state index in [2.05, 4.69) is 32.7 Å². The minimum atomic E-state index is -1.04. The van der Waals surface area contributed by atoms with Crippen LogP contribution in [0.15, 0.2) is 43.2 Å².